The molecule has 0 aromatic carbocycles. The molecule has 3 nitrogen and oxygen atoms in total. The summed E-state index contributed by atoms with van der Waals surface area (Å²) in [6, 6.07) is 0. The van der Waals surface area contributed by atoms with E-state index in [0.29, 0.717) is 13.0 Å². The van der Waals surface area contributed by atoms with Gasteiger partial charge in [0, 0.05) is 19.3 Å². The Balaban J connectivity index is 0. The predicted molar refractivity (Wildman–Crippen MR) is 46.6 cm³/mol. The molecule has 0 rings (SSSR count). The number of carbonyl (C=O) groups excluding carboxylic acids is 1. The molecule has 0 amide bonds. The Morgan fingerprint density at radius 2 is 2.08 bits per heavy atom. The summed E-state index contributed by atoms with van der Waals surface area (Å²) in [5.74, 6) is 0. The van der Waals surface area contributed by atoms with Crippen molar-refractivity contribution in [1.82, 2.24) is 0 Å². The molecule has 1 atom stereocenters. The molecular weight excluding hydrogens is 245 g/mol. The van der Waals surface area contributed by atoms with Crippen LogP contribution in [0.25, 0.3) is 0 Å². The van der Waals surface area contributed by atoms with Gasteiger partial charge < -0.3 is 14.6 Å². The zero-order chi connectivity index (χ0) is 9.61. The first-order chi connectivity index (χ1) is 5.58. The van der Waals surface area contributed by atoms with E-state index in [2.05, 4.69) is 0 Å². The fourth-order valence-corrected chi connectivity index (χ4v) is 1.04. The van der Waals surface area contributed by atoms with E-state index in [1.807, 2.05) is 13.2 Å². The number of hydrogen-bond donors (Lipinski definition) is 1. The van der Waals surface area contributed by atoms with E-state index in [4.69, 9.17) is 9.84 Å². The van der Waals surface area contributed by atoms with Crippen molar-refractivity contribution < 1.29 is 47.3 Å². The molecule has 72 valence electrons. The van der Waals surface area contributed by atoms with Crippen molar-refractivity contribution in [3.8, 4) is 0 Å². The first-order valence-corrected chi connectivity index (χ1v) is 4.20. The second-order valence-corrected chi connectivity index (χ2v) is 3.28. The molecule has 0 aliphatic carbocycles. The Kier molecular flexibility index (Phi) is 9.98. The SMILES string of the molecule is CCOC(CCO)C(C)(C)[C-]=O.[Y+3]. The van der Waals surface area contributed by atoms with Gasteiger partial charge in [-0.2, -0.15) is 0 Å². The maximum Gasteiger partial charge on any atom is 3.00 e. The fraction of sp³-hybridized carbons (Fsp3) is 0.889. The second kappa shape index (κ2) is 8.04. The van der Waals surface area contributed by atoms with Crippen molar-refractivity contribution in [2.75, 3.05) is 13.2 Å². The predicted octanol–water partition coefficient (Wildman–Crippen LogP) is 0.907. The van der Waals surface area contributed by atoms with Gasteiger partial charge in [-0.15, -0.1) is 5.41 Å². The van der Waals surface area contributed by atoms with Crippen LogP contribution >= 0.6 is 0 Å². The molecule has 0 fully saturated rings. The van der Waals surface area contributed by atoms with Crippen LogP contribution in [0.1, 0.15) is 27.2 Å². The molecule has 4 heteroatoms. The van der Waals surface area contributed by atoms with Crippen LogP contribution < -0.4 is 0 Å². The third-order valence-corrected chi connectivity index (χ3v) is 1.83. The zero-order valence-corrected chi connectivity index (χ0v) is 11.4. The number of aliphatic hydroxyl groups excluding tert-OH is 1. The minimum absolute atomic E-state index is 0. The number of aliphatic hydroxyl groups is 1. The summed E-state index contributed by atoms with van der Waals surface area (Å²) < 4.78 is 5.32. The third-order valence-electron chi connectivity index (χ3n) is 1.83. The van der Waals surface area contributed by atoms with E-state index in [1.54, 1.807) is 13.8 Å². The van der Waals surface area contributed by atoms with Gasteiger partial charge >= 0.3 is 32.7 Å². The van der Waals surface area contributed by atoms with Crippen molar-refractivity contribution in [2.24, 2.45) is 5.41 Å². The fourth-order valence-electron chi connectivity index (χ4n) is 1.04. The Labute approximate surface area is 105 Å². The molecule has 0 saturated heterocycles. The van der Waals surface area contributed by atoms with Gasteiger partial charge in [0.25, 0.3) is 0 Å². The van der Waals surface area contributed by atoms with Crippen LogP contribution in [-0.4, -0.2) is 30.7 Å². The maximum absolute atomic E-state index is 10.5. The quantitative estimate of drug-likeness (QED) is 0.724. The van der Waals surface area contributed by atoms with Gasteiger partial charge in [-0.05, 0) is 13.3 Å². The summed E-state index contributed by atoms with van der Waals surface area (Å²) in [5, 5.41) is 8.71. The van der Waals surface area contributed by atoms with E-state index < -0.39 is 5.41 Å². The smallest absolute Gasteiger partial charge is 0.541 e. The molecule has 0 aromatic heterocycles. The van der Waals surface area contributed by atoms with E-state index in [0.717, 1.165) is 0 Å². The molecule has 0 spiro atoms. The monoisotopic (exact) mass is 262 g/mol. The Bertz CT molecular complexity index is 131. The van der Waals surface area contributed by atoms with Crippen molar-refractivity contribution in [3.05, 3.63) is 0 Å². The molecule has 0 saturated carbocycles. The summed E-state index contributed by atoms with van der Waals surface area (Å²) >= 11 is 0. The zero-order valence-electron chi connectivity index (χ0n) is 8.54. The minimum atomic E-state index is -0.626. The van der Waals surface area contributed by atoms with Crippen LogP contribution in [0.4, 0.5) is 0 Å². The van der Waals surface area contributed by atoms with Crippen molar-refractivity contribution in [3.63, 3.8) is 0 Å². The van der Waals surface area contributed by atoms with E-state index in [-0.39, 0.29) is 45.4 Å². The standard InChI is InChI=1S/C9H17O3.Y/c1-4-12-8(5-6-10)9(2,3)7-11;/h8,10H,4-6H2,1-3H3;/q-1;+3. The van der Waals surface area contributed by atoms with E-state index >= 15 is 0 Å². The normalized spacial score (nSPS) is 13.2. The van der Waals surface area contributed by atoms with Crippen molar-refractivity contribution in [2.45, 2.75) is 33.3 Å². The van der Waals surface area contributed by atoms with Crippen LogP contribution in [0.3, 0.4) is 0 Å². The van der Waals surface area contributed by atoms with Crippen LogP contribution in [0.2, 0.25) is 0 Å². The molecular formula is C9H17O3Y+2. The van der Waals surface area contributed by atoms with Gasteiger partial charge in [0.1, 0.15) is 0 Å². The van der Waals surface area contributed by atoms with Gasteiger partial charge in [-0.3, -0.25) is 6.29 Å². The third kappa shape index (κ3) is 5.89. The summed E-state index contributed by atoms with van der Waals surface area (Å²) in [7, 11) is 0. The minimum Gasteiger partial charge on any atom is -0.541 e. The molecule has 0 bridgehead atoms. The van der Waals surface area contributed by atoms with Gasteiger partial charge in [0.2, 0.25) is 0 Å². The molecule has 13 heavy (non-hydrogen) atoms. The Morgan fingerprint density at radius 1 is 1.54 bits per heavy atom. The van der Waals surface area contributed by atoms with Gasteiger partial charge in [-0.25, -0.2) is 0 Å². The summed E-state index contributed by atoms with van der Waals surface area (Å²) in [4.78, 5) is 10.5. The first kappa shape index (κ1) is 16.1. The summed E-state index contributed by atoms with van der Waals surface area (Å²) in [5.41, 5.74) is -0.626. The van der Waals surface area contributed by atoms with E-state index in [9.17, 15) is 4.79 Å². The molecule has 0 radical (unpaired) electrons. The maximum atomic E-state index is 10.5. The molecule has 1 unspecified atom stereocenters. The van der Waals surface area contributed by atoms with Crippen molar-refractivity contribution >= 4 is 6.29 Å². The average Bonchev–Trinajstić information content (AvgIpc) is 2.04. The number of rotatable bonds is 6. The van der Waals surface area contributed by atoms with Crippen LogP contribution in [0, 0.1) is 5.41 Å². The summed E-state index contributed by atoms with van der Waals surface area (Å²) in [6.45, 7) is 5.97. The summed E-state index contributed by atoms with van der Waals surface area (Å²) in [6.07, 6.45) is 2.18. The second-order valence-electron chi connectivity index (χ2n) is 3.28. The van der Waals surface area contributed by atoms with Gasteiger partial charge in [0.15, 0.2) is 0 Å². The molecule has 0 heterocycles. The number of ether oxygens (including phenoxy) is 1. The number of hydrogen-bond acceptors (Lipinski definition) is 3. The first-order valence-electron chi connectivity index (χ1n) is 4.20. The molecule has 0 aliphatic heterocycles. The molecule has 0 aliphatic rings. The van der Waals surface area contributed by atoms with Gasteiger partial charge in [0.05, 0.1) is 0 Å². The largest absolute Gasteiger partial charge is 3.00 e. The Hall–Kier alpha value is 0.694. The molecule has 1 N–H and O–H groups in total. The van der Waals surface area contributed by atoms with E-state index in [1.165, 1.54) is 0 Å². The van der Waals surface area contributed by atoms with Crippen molar-refractivity contribution in [1.29, 1.82) is 0 Å². The average molecular weight is 262 g/mol. The molecule has 0 aromatic rings. The van der Waals surface area contributed by atoms with Gasteiger partial charge in [-0.1, -0.05) is 13.8 Å². The Morgan fingerprint density at radius 3 is 2.38 bits per heavy atom. The topological polar surface area (TPSA) is 46.5 Å². The van der Waals surface area contributed by atoms with Crippen LogP contribution in [0.5, 0.6) is 0 Å². The van der Waals surface area contributed by atoms with Crippen LogP contribution in [-0.2, 0) is 42.2 Å². The van der Waals surface area contributed by atoms with Crippen LogP contribution in [0.15, 0.2) is 0 Å².